The Morgan fingerprint density at radius 1 is 1.35 bits per heavy atom. The average Bonchev–Trinajstić information content (AvgIpc) is 2.42. The molecule has 0 radical (unpaired) electrons. The van der Waals surface area contributed by atoms with E-state index in [4.69, 9.17) is 16.3 Å². The maximum absolute atomic E-state index is 13.1. The van der Waals surface area contributed by atoms with E-state index in [2.05, 4.69) is 17.2 Å². The highest BCUT2D eigenvalue weighted by Gasteiger charge is 2.07. The fourth-order valence-corrected chi connectivity index (χ4v) is 1.92. The summed E-state index contributed by atoms with van der Waals surface area (Å²) < 4.78 is 18.5. The third kappa shape index (κ3) is 4.18. The van der Waals surface area contributed by atoms with Crippen LogP contribution in [0.2, 0.25) is 5.02 Å². The molecule has 3 nitrogen and oxygen atoms in total. The van der Waals surface area contributed by atoms with Crippen molar-refractivity contribution in [3.63, 3.8) is 0 Å². The maximum atomic E-state index is 13.1. The summed E-state index contributed by atoms with van der Waals surface area (Å²) in [6, 6.07) is 7.66. The molecule has 20 heavy (non-hydrogen) atoms. The number of benzene rings is 1. The predicted octanol–water partition coefficient (Wildman–Crippen LogP) is 4.17. The van der Waals surface area contributed by atoms with Crippen LogP contribution in [0.25, 0.3) is 0 Å². The van der Waals surface area contributed by atoms with Gasteiger partial charge in [0.05, 0.1) is 0 Å². The van der Waals surface area contributed by atoms with Gasteiger partial charge in [-0.3, -0.25) is 0 Å². The number of hydrogen-bond donors (Lipinski definition) is 1. The second kappa shape index (κ2) is 7.22. The van der Waals surface area contributed by atoms with Gasteiger partial charge in [0.2, 0.25) is 5.88 Å². The summed E-state index contributed by atoms with van der Waals surface area (Å²) in [7, 11) is 0. The van der Waals surface area contributed by atoms with Crippen molar-refractivity contribution in [3.05, 3.63) is 52.9 Å². The Kier molecular flexibility index (Phi) is 5.32. The van der Waals surface area contributed by atoms with Crippen LogP contribution in [-0.2, 0) is 6.54 Å². The smallest absolute Gasteiger partial charge is 0.238 e. The molecule has 1 N–H and O–H groups in total. The van der Waals surface area contributed by atoms with Gasteiger partial charge in [0.25, 0.3) is 0 Å². The molecule has 0 amide bonds. The number of hydrogen-bond acceptors (Lipinski definition) is 3. The van der Waals surface area contributed by atoms with Crippen LogP contribution >= 0.6 is 11.6 Å². The molecule has 2 aromatic rings. The number of ether oxygens (including phenoxy) is 1. The first-order valence-electron chi connectivity index (χ1n) is 6.47. The molecule has 2 rings (SSSR count). The van der Waals surface area contributed by atoms with Gasteiger partial charge in [-0.1, -0.05) is 24.6 Å². The largest absolute Gasteiger partial charge is 0.437 e. The average molecular weight is 295 g/mol. The van der Waals surface area contributed by atoms with Crippen LogP contribution in [0.1, 0.15) is 18.9 Å². The lowest BCUT2D eigenvalue weighted by molar-refractivity contribution is 0.458. The van der Waals surface area contributed by atoms with E-state index < -0.39 is 0 Å². The summed E-state index contributed by atoms with van der Waals surface area (Å²) in [6.07, 6.45) is 2.77. The van der Waals surface area contributed by atoms with Gasteiger partial charge in [0.1, 0.15) is 16.6 Å². The highest BCUT2D eigenvalue weighted by molar-refractivity contribution is 6.31. The van der Waals surface area contributed by atoms with E-state index in [0.29, 0.717) is 17.3 Å². The minimum atomic E-state index is -0.362. The van der Waals surface area contributed by atoms with Crippen molar-refractivity contribution in [3.8, 4) is 11.6 Å². The number of aromatic nitrogens is 1. The standard InChI is InChI=1S/C15H16ClFN2O/c1-2-6-18-9-11-7-14(16)15(19-10-11)20-13-5-3-4-12(17)8-13/h3-5,7-8,10,18H,2,6,9H2,1H3. The van der Waals surface area contributed by atoms with Crippen LogP contribution in [0, 0.1) is 5.82 Å². The highest BCUT2D eigenvalue weighted by atomic mass is 35.5. The molecule has 0 aliphatic rings. The molecule has 0 fully saturated rings. The fraction of sp³-hybridized carbons (Fsp3) is 0.267. The second-order valence-corrected chi connectivity index (χ2v) is 4.77. The molecule has 0 saturated carbocycles. The van der Waals surface area contributed by atoms with Gasteiger partial charge in [-0.05, 0) is 36.7 Å². The van der Waals surface area contributed by atoms with Crippen molar-refractivity contribution in [2.75, 3.05) is 6.54 Å². The predicted molar refractivity (Wildman–Crippen MR) is 77.7 cm³/mol. The van der Waals surface area contributed by atoms with Gasteiger partial charge in [-0.2, -0.15) is 0 Å². The van der Waals surface area contributed by atoms with Crippen molar-refractivity contribution < 1.29 is 9.13 Å². The molecule has 0 unspecified atom stereocenters. The van der Waals surface area contributed by atoms with E-state index in [9.17, 15) is 4.39 Å². The Morgan fingerprint density at radius 2 is 2.20 bits per heavy atom. The van der Waals surface area contributed by atoms with E-state index in [1.807, 2.05) is 0 Å². The van der Waals surface area contributed by atoms with Gasteiger partial charge in [-0.15, -0.1) is 0 Å². The van der Waals surface area contributed by atoms with Crippen LogP contribution in [-0.4, -0.2) is 11.5 Å². The Hall–Kier alpha value is -1.65. The zero-order valence-corrected chi connectivity index (χ0v) is 12.0. The van der Waals surface area contributed by atoms with E-state index in [1.54, 1.807) is 24.4 Å². The quantitative estimate of drug-likeness (QED) is 0.812. The minimum absolute atomic E-state index is 0.275. The third-order valence-electron chi connectivity index (χ3n) is 2.63. The number of rotatable bonds is 6. The van der Waals surface area contributed by atoms with Crippen molar-refractivity contribution in [1.29, 1.82) is 0 Å². The Morgan fingerprint density at radius 3 is 2.90 bits per heavy atom. The van der Waals surface area contributed by atoms with Crippen molar-refractivity contribution in [2.45, 2.75) is 19.9 Å². The summed E-state index contributed by atoms with van der Waals surface area (Å²) in [6.45, 7) is 3.76. The molecule has 1 aromatic heterocycles. The van der Waals surface area contributed by atoms with Crippen LogP contribution < -0.4 is 10.1 Å². The van der Waals surface area contributed by atoms with Crippen molar-refractivity contribution in [2.24, 2.45) is 0 Å². The van der Waals surface area contributed by atoms with Crippen molar-refractivity contribution in [1.82, 2.24) is 10.3 Å². The number of pyridine rings is 1. The van der Waals surface area contributed by atoms with Crippen molar-refractivity contribution >= 4 is 11.6 Å². The highest BCUT2D eigenvalue weighted by Crippen LogP contribution is 2.27. The fourth-order valence-electron chi connectivity index (χ4n) is 1.69. The normalized spacial score (nSPS) is 10.6. The second-order valence-electron chi connectivity index (χ2n) is 4.37. The summed E-state index contributed by atoms with van der Waals surface area (Å²) in [5.74, 6) is 0.284. The molecular formula is C15H16ClFN2O. The monoisotopic (exact) mass is 294 g/mol. The first-order valence-corrected chi connectivity index (χ1v) is 6.85. The summed E-state index contributed by atoms with van der Waals surface area (Å²) in [4.78, 5) is 4.17. The van der Waals surface area contributed by atoms with Crippen LogP contribution in [0.4, 0.5) is 4.39 Å². The number of nitrogens with zero attached hydrogens (tertiary/aromatic N) is 1. The molecule has 0 spiro atoms. The van der Waals surface area contributed by atoms with E-state index >= 15 is 0 Å². The van der Waals surface area contributed by atoms with Gasteiger partial charge in [0.15, 0.2) is 0 Å². The van der Waals surface area contributed by atoms with Gasteiger partial charge in [-0.25, -0.2) is 9.37 Å². The summed E-state index contributed by atoms with van der Waals surface area (Å²) >= 11 is 6.12. The Bertz CT molecular complexity index is 578. The van der Waals surface area contributed by atoms with Gasteiger partial charge < -0.3 is 10.1 Å². The lowest BCUT2D eigenvalue weighted by atomic mass is 10.3. The minimum Gasteiger partial charge on any atom is -0.437 e. The van der Waals surface area contributed by atoms with E-state index in [0.717, 1.165) is 18.5 Å². The van der Waals surface area contributed by atoms with E-state index in [1.165, 1.54) is 12.1 Å². The lowest BCUT2D eigenvalue weighted by Crippen LogP contribution is -2.13. The maximum Gasteiger partial charge on any atom is 0.238 e. The first-order chi connectivity index (χ1) is 9.69. The molecule has 106 valence electrons. The van der Waals surface area contributed by atoms with E-state index in [-0.39, 0.29) is 11.7 Å². The molecule has 0 atom stereocenters. The SMILES string of the molecule is CCCNCc1cnc(Oc2cccc(F)c2)c(Cl)c1. The molecule has 0 saturated heterocycles. The molecular weight excluding hydrogens is 279 g/mol. The topological polar surface area (TPSA) is 34.2 Å². The summed E-state index contributed by atoms with van der Waals surface area (Å²) in [5.41, 5.74) is 0.982. The summed E-state index contributed by atoms with van der Waals surface area (Å²) in [5, 5.41) is 3.67. The van der Waals surface area contributed by atoms with Crippen LogP contribution in [0.15, 0.2) is 36.5 Å². The molecule has 5 heteroatoms. The molecule has 1 aromatic carbocycles. The molecule has 0 aliphatic heterocycles. The lowest BCUT2D eigenvalue weighted by Gasteiger charge is -2.08. The van der Waals surface area contributed by atoms with Crippen LogP contribution in [0.5, 0.6) is 11.6 Å². The zero-order chi connectivity index (χ0) is 14.4. The first kappa shape index (κ1) is 14.8. The molecule has 1 heterocycles. The van der Waals surface area contributed by atoms with Crippen LogP contribution in [0.3, 0.4) is 0 Å². The molecule has 0 aliphatic carbocycles. The van der Waals surface area contributed by atoms with Gasteiger partial charge >= 0.3 is 0 Å². The Balaban J connectivity index is 2.06. The number of nitrogens with one attached hydrogen (secondary N) is 1. The van der Waals surface area contributed by atoms with Gasteiger partial charge in [0, 0.05) is 18.8 Å². The zero-order valence-electron chi connectivity index (χ0n) is 11.2. The number of halogens is 2. The Labute approximate surface area is 122 Å². The third-order valence-corrected chi connectivity index (χ3v) is 2.90. The molecule has 0 bridgehead atoms.